The van der Waals surface area contributed by atoms with Crippen LogP contribution in [0, 0.1) is 5.82 Å². The number of benzene rings is 2. The third kappa shape index (κ3) is 4.86. The van der Waals surface area contributed by atoms with E-state index in [-0.39, 0.29) is 16.6 Å². The molecular formula is C21H21FN4O3S2. The Hall–Kier alpha value is -2.98. The average molecular weight is 461 g/mol. The highest BCUT2D eigenvalue weighted by molar-refractivity contribution is 7.90. The highest BCUT2D eigenvalue weighted by Gasteiger charge is 2.25. The van der Waals surface area contributed by atoms with Gasteiger partial charge in [0, 0.05) is 43.5 Å². The lowest BCUT2D eigenvalue weighted by Gasteiger charge is -2.35. The fourth-order valence-electron chi connectivity index (χ4n) is 3.36. The monoisotopic (exact) mass is 460 g/mol. The lowest BCUT2D eigenvalue weighted by atomic mass is 10.2. The minimum absolute atomic E-state index is 0.162. The van der Waals surface area contributed by atoms with Crippen LogP contribution in [0.25, 0.3) is 0 Å². The maximum Gasteiger partial charge on any atom is 0.273 e. The summed E-state index contributed by atoms with van der Waals surface area (Å²) in [6.07, 6.45) is 1.16. The fraction of sp³-hybridized carbons (Fsp3) is 0.238. The second kappa shape index (κ2) is 8.64. The number of nitrogens with zero attached hydrogens (tertiary/aromatic N) is 3. The van der Waals surface area contributed by atoms with E-state index >= 15 is 0 Å². The van der Waals surface area contributed by atoms with Gasteiger partial charge in [-0.2, -0.15) is 0 Å². The summed E-state index contributed by atoms with van der Waals surface area (Å²) in [7, 11) is -3.25. The number of aromatic nitrogens is 1. The van der Waals surface area contributed by atoms with E-state index in [1.807, 2.05) is 4.90 Å². The number of carbonyl (C=O) groups is 1. The summed E-state index contributed by atoms with van der Waals surface area (Å²) in [6, 6.07) is 13.0. The number of halogens is 1. The van der Waals surface area contributed by atoms with Crippen molar-refractivity contribution < 1.29 is 17.6 Å². The van der Waals surface area contributed by atoms with Crippen molar-refractivity contribution in [3.63, 3.8) is 0 Å². The minimum atomic E-state index is -3.25. The maximum absolute atomic E-state index is 14.0. The number of hydrogen-bond acceptors (Lipinski definition) is 7. The summed E-state index contributed by atoms with van der Waals surface area (Å²) >= 11 is 1.30. The van der Waals surface area contributed by atoms with E-state index in [2.05, 4.69) is 10.3 Å². The number of hydrogen-bond donors (Lipinski definition) is 1. The van der Waals surface area contributed by atoms with E-state index in [1.165, 1.54) is 29.5 Å². The molecule has 3 aromatic rings. The molecule has 1 saturated heterocycles. The van der Waals surface area contributed by atoms with E-state index in [0.29, 0.717) is 48.4 Å². The summed E-state index contributed by atoms with van der Waals surface area (Å²) in [6.45, 7) is 2.07. The van der Waals surface area contributed by atoms with E-state index in [4.69, 9.17) is 0 Å². The number of rotatable bonds is 5. The van der Waals surface area contributed by atoms with Crippen molar-refractivity contribution in [3.05, 3.63) is 65.4 Å². The van der Waals surface area contributed by atoms with Crippen molar-refractivity contribution in [1.82, 2.24) is 9.88 Å². The van der Waals surface area contributed by atoms with Gasteiger partial charge >= 0.3 is 0 Å². The Bertz CT molecular complexity index is 1190. The normalized spacial score (nSPS) is 14.5. The van der Waals surface area contributed by atoms with E-state index < -0.39 is 9.84 Å². The zero-order valence-corrected chi connectivity index (χ0v) is 18.4. The molecule has 162 valence electrons. The van der Waals surface area contributed by atoms with Gasteiger partial charge in [0.25, 0.3) is 5.91 Å². The van der Waals surface area contributed by atoms with E-state index in [0.717, 1.165) is 6.26 Å². The molecule has 10 heteroatoms. The molecule has 0 unspecified atom stereocenters. The topological polar surface area (TPSA) is 82.6 Å². The fourth-order valence-corrected chi connectivity index (χ4v) is 4.69. The van der Waals surface area contributed by atoms with Gasteiger partial charge in [0.1, 0.15) is 11.5 Å². The van der Waals surface area contributed by atoms with Crippen LogP contribution in [-0.4, -0.2) is 56.6 Å². The standard InChI is InChI=1S/C21H21FN4O3S2/c1-31(28,29)16-8-6-15(7-9-16)23-21-24-18(14-30-21)20(27)26-12-10-25(11-13-26)19-5-3-2-4-17(19)22/h2-9,14H,10-13H2,1H3,(H,23,24). The average Bonchev–Trinajstić information content (AvgIpc) is 3.22. The highest BCUT2D eigenvalue weighted by Crippen LogP contribution is 2.24. The number of sulfone groups is 1. The van der Waals surface area contributed by atoms with Gasteiger partial charge in [-0.05, 0) is 36.4 Å². The second-order valence-corrected chi connectivity index (χ2v) is 10.1. The summed E-state index contributed by atoms with van der Waals surface area (Å²) in [5.41, 5.74) is 1.58. The molecule has 1 N–H and O–H groups in total. The van der Waals surface area contributed by atoms with Crippen molar-refractivity contribution in [2.45, 2.75) is 4.90 Å². The highest BCUT2D eigenvalue weighted by atomic mass is 32.2. The molecule has 0 aliphatic carbocycles. The molecule has 31 heavy (non-hydrogen) atoms. The molecule has 0 spiro atoms. The van der Waals surface area contributed by atoms with Crippen LogP contribution < -0.4 is 10.2 Å². The molecule has 1 aliphatic heterocycles. The lowest BCUT2D eigenvalue weighted by molar-refractivity contribution is 0.0741. The number of anilines is 3. The van der Waals surface area contributed by atoms with Gasteiger partial charge in [0.05, 0.1) is 10.6 Å². The first-order chi connectivity index (χ1) is 14.8. The maximum atomic E-state index is 14.0. The number of amides is 1. The number of nitrogens with one attached hydrogen (secondary N) is 1. The van der Waals surface area contributed by atoms with E-state index in [1.54, 1.807) is 40.6 Å². The Kier molecular flexibility index (Phi) is 5.92. The van der Waals surface area contributed by atoms with Crippen LogP contribution in [0.2, 0.25) is 0 Å². The summed E-state index contributed by atoms with van der Waals surface area (Å²) in [5, 5.41) is 5.32. The lowest BCUT2D eigenvalue weighted by Crippen LogP contribution is -2.49. The SMILES string of the molecule is CS(=O)(=O)c1ccc(Nc2nc(C(=O)N3CCN(c4ccccc4F)CC3)cs2)cc1. The van der Waals surface area contributed by atoms with Crippen molar-refractivity contribution in [1.29, 1.82) is 0 Å². The predicted octanol–water partition coefficient (Wildman–Crippen LogP) is 3.39. The molecule has 7 nitrogen and oxygen atoms in total. The third-order valence-electron chi connectivity index (χ3n) is 5.02. The van der Waals surface area contributed by atoms with Crippen molar-refractivity contribution >= 4 is 43.6 Å². The molecule has 0 saturated carbocycles. The molecule has 1 fully saturated rings. The van der Waals surface area contributed by atoms with Gasteiger partial charge in [0.15, 0.2) is 15.0 Å². The molecule has 2 heterocycles. The molecule has 0 radical (unpaired) electrons. The first-order valence-corrected chi connectivity index (χ1v) is 12.4. The van der Waals surface area contributed by atoms with E-state index in [9.17, 15) is 17.6 Å². The Morgan fingerprint density at radius 1 is 1.06 bits per heavy atom. The summed E-state index contributed by atoms with van der Waals surface area (Å²) < 4.78 is 37.1. The molecule has 0 atom stereocenters. The zero-order chi connectivity index (χ0) is 22.0. The van der Waals surface area contributed by atoms with Crippen LogP contribution in [-0.2, 0) is 9.84 Å². The summed E-state index contributed by atoms with van der Waals surface area (Å²) in [5.74, 6) is -0.424. The predicted molar refractivity (Wildman–Crippen MR) is 119 cm³/mol. The molecule has 0 bridgehead atoms. The van der Waals surface area contributed by atoms with Gasteiger partial charge < -0.3 is 15.1 Å². The molecule has 4 rings (SSSR count). The first-order valence-electron chi connectivity index (χ1n) is 9.63. The van der Waals surface area contributed by atoms with Crippen LogP contribution in [0.3, 0.4) is 0 Å². The number of piperazine rings is 1. The molecule has 1 aliphatic rings. The quantitative estimate of drug-likeness (QED) is 0.629. The molecule has 1 aromatic heterocycles. The van der Waals surface area contributed by atoms with Gasteiger partial charge in [-0.25, -0.2) is 17.8 Å². The molecule has 2 aromatic carbocycles. The number of para-hydroxylation sites is 1. The third-order valence-corrected chi connectivity index (χ3v) is 6.90. The largest absolute Gasteiger partial charge is 0.366 e. The number of thiazole rings is 1. The van der Waals surface area contributed by atoms with Gasteiger partial charge in [-0.15, -0.1) is 11.3 Å². The van der Waals surface area contributed by atoms with Crippen LogP contribution in [0.5, 0.6) is 0 Å². The van der Waals surface area contributed by atoms with Crippen molar-refractivity contribution in [2.75, 3.05) is 42.7 Å². The summed E-state index contributed by atoms with van der Waals surface area (Å²) in [4.78, 5) is 21.1. The smallest absolute Gasteiger partial charge is 0.273 e. The Balaban J connectivity index is 1.37. The van der Waals surface area contributed by atoms with Crippen LogP contribution >= 0.6 is 11.3 Å². The Morgan fingerprint density at radius 2 is 1.74 bits per heavy atom. The van der Waals surface area contributed by atoms with Gasteiger partial charge in [-0.3, -0.25) is 4.79 Å². The Labute approximate surface area is 184 Å². The van der Waals surface area contributed by atoms with Crippen LogP contribution in [0.15, 0.2) is 58.8 Å². The molecule has 1 amide bonds. The first kappa shape index (κ1) is 21.3. The van der Waals surface area contributed by atoms with Crippen molar-refractivity contribution in [2.24, 2.45) is 0 Å². The zero-order valence-electron chi connectivity index (χ0n) is 16.8. The van der Waals surface area contributed by atoms with Crippen molar-refractivity contribution in [3.8, 4) is 0 Å². The second-order valence-electron chi connectivity index (χ2n) is 7.19. The van der Waals surface area contributed by atoms with Gasteiger partial charge in [0.2, 0.25) is 0 Å². The molecular weight excluding hydrogens is 439 g/mol. The van der Waals surface area contributed by atoms with Crippen LogP contribution in [0.4, 0.5) is 20.9 Å². The van der Waals surface area contributed by atoms with Gasteiger partial charge in [-0.1, -0.05) is 12.1 Å². The van der Waals surface area contributed by atoms with Crippen LogP contribution in [0.1, 0.15) is 10.5 Å². The Morgan fingerprint density at radius 3 is 2.39 bits per heavy atom. The minimum Gasteiger partial charge on any atom is -0.366 e. The number of carbonyl (C=O) groups excluding carboxylic acids is 1.